The molecule has 0 aromatic rings. The Labute approximate surface area is 128 Å². The van der Waals surface area contributed by atoms with Gasteiger partial charge in [0.15, 0.2) is 0 Å². The zero-order chi connectivity index (χ0) is 14.9. The third kappa shape index (κ3) is 3.31. The summed E-state index contributed by atoms with van der Waals surface area (Å²) >= 11 is 0. The minimum atomic E-state index is -0.331. The molecule has 0 spiro atoms. The van der Waals surface area contributed by atoms with Crippen molar-refractivity contribution in [3.8, 4) is 0 Å². The average Bonchev–Trinajstić information content (AvgIpc) is 3.27. The molecule has 21 heavy (non-hydrogen) atoms. The summed E-state index contributed by atoms with van der Waals surface area (Å²) in [6, 6.07) is 0. The maximum atomic E-state index is 12.7. The van der Waals surface area contributed by atoms with Gasteiger partial charge in [-0.05, 0) is 37.6 Å². The summed E-state index contributed by atoms with van der Waals surface area (Å²) in [5.41, 5.74) is -0.331. The van der Waals surface area contributed by atoms with E-state index in [4.69, 9.17) is 5.41 Å². The van der Waals surface area contributed by atoms with Crippen molar-refractivity contribution in [1.29, 1.82) is 5.41 Å². The minimum Gasteiger partial charge on any atom is -0.315 e. The summed E-state index contributed by atoms with van der Waals surface area (Å²) in [7, 11) is 1.77. The number of carbonyl (C=O) groups is 1. The molecule has 3 fully saturated rings. The minimum absolute atomic E-state index is 0.182. The number of amides is 1. The molecule has 1 unspecified atom stereocenters. The standard InChI is InChI=1S/C17H29N3O/c1-20-15(18)10-17(16(20)21,12-19-11-14-7-8-14)9-13-5-3-2-4-6-13/h13-14,18-19H,2-12H2,1H3. The van der Waals surface area contributed by atoms with E-state index >= 15 is 0 Å². The highest BCUT2D eigenvalue weighted by atomic mass is 16.2. The molecule has 4 heteroatoms. The Morgan fingerprint density at radius 2 is 1.90 bits per heavy atom. The van der Waals surface area contributed by atoms with E-state index in [1.165, 1.54) is 44.9 Å². The van der Waals surface area contributed by atoms with Gasteiger partial charge in [-0.1, -0.05) is 32.1 Å². The SMILES string of the molecule is CN1C(=N)CC(CNCC2CC2)(CC2CCCCC2)C1=O. The lowest BCUT2D eigenvalue weighted by Gasteiger charge is -2.33. The van der Waals surface area contributed by atoms with E-state index in [9.17, 15) is 4.79 Å². The molecule has 2 N–H and O–H groups in total. The number of hydrogen-bond donors (Lipinski definition) is 2. The Balaban J connectivity index is 1.66. The van der Waals surface area contributed by atoms with E-state index in [1.807, 2.05) is 0 Å². The highest BCUT2D eigenvalue weighted by Crippen LogP contribution is 2.42. The average molecular weight is 291 g/mol. The fourth-order valence-corrected chi connectivity index (χ4v) is 4.14. The molecule has 1 aliphatic heterocycles. The van der Waals surface area contributed by atoms with Crippen LogP contribution in [0.15, 0.2) is 0 Å². The Bertz CT molecular complexity index is 412. The van der Waals surface area contributed by atoms with Gasteiger partial charge < -0.3 is 10.2 Å². The van der Waals surface area contributed by atoms with Gasteiger partial charge in [0.2, 0.25) is 5.91 Å². The van der Waals surface area contributed by atoms with Crippen molar-refractivity contribution >= 4 is 11.7 Å². The van der Waals surface area contributed by atoms with Crippen molar-refractivity contribution in [2.75, 3.05) is 20.1 Å². The number of nitrogens with zero attached hydrogens (tertiary/aromatic N) is 1. The molecule has 0 radical (unpaired) electrons. The summed E-state index contributed by atoms with van der Waals surface area (Å²) < 4.78 is 0. The first-order valence-corrected chi connectivity index (χ1v) is 8.67. The smallest absolute Gasteiger partial charge is 0.235 e. The Morgan fingerprint density at radius 3 is 2.48 bits per heavy atom. The summed E-state index contributed by atoms with van der Waals surface area (Å²) in [5.74, 6) is 2.21. The first kappa shape index (κ1) is 15.0. The number of amidine groups is 1. The molecule has 0 aromatic carbocycles. The molecule has 0 aromatic heterocycles. The third-order valence-corrected chi connectivity index (χ3v) is 5.67. The van der Waals surface area contributed by atoms with Gasteiger partial charge in [0, 0.05) is 20.0 Å². The van der Waals surface area contributed by atoms with Crippen LogP contribution >= 0.6 is 0 Å². The van der Waals surface area contributed by atoms with Crippen LogP contribution in [0.2, 0.25) is 0 Å². The lowest BCUT2D eigenvalue weighted by molar-refractivity contribution is -0.134. The third-order valence-electron chi connectivity index (χ3n) is 5.67. The van der Waals surface area contributed by atoms with Gasteiger partial charge >= 0.3 is 0 Å². The molecule has 1 heterocycles. The van der Waals surface area contributed by atoms with E-state index in [0.717, 1.165) is 25.4 Å². The van der Waals surface area contributed by atoms with Crippen LogP contribution in [-0.2, 0) is 4.79 Å². The van der Waals surface area contributed by atoms with Crippen molar-refractivity contribution in [3.63, 3.8) is 0 Å². The molecule has 4 nitrogen and oxygen atoms in total. The molecule has 2 aliphatic carbocycles. The van der Waals surface area contributed by atoms with Crippen molar-refractivity contribution < 1.29 is 4.79 Å². The first-order chi connectivity index (χ1) is 10.1. The summed E-state index contributed by atoms with van der Waals surface area (Å²) in [4.78, 5) is 14.3. The second-order valence-corrected chi connectivity index (χ2v) is 7.55. The van der Waals surface area contributed by atoms with E-state index in [0.29, 0.717) is 18.2 Å². The number of carbonyl (C=O) groups excluding carboxylic acids is 1. The zero-order valence-corrected chi connectivity index (χ0v) is 13.3. The van der Waals surface area contributed by atoms with Gasteiger partial charge in [0.05, 0.1) is 5.41 Å². The molecule has 118 valence electrons. The topological polar surface area (TPSA) is 56.2 Å². The number of hydrogen-bond acceptors (Lipinski definition) is 3. The van der Waals surface area contributed by atoms with Crippen LogP contribution in [0.1, 0.15) is 57.8 Å². The maximum absolute atomic E-state index is 12.7. The predicted molar refractivity (Wildman–Crippen MR) is 84.3 cm³/mol. The Kier molecular flexibility index (Phi) is 4.34. The van der Waals surface area contributed by atoms with Crippen LogP contribution < -0.4 is 5.32 Å². The molecule has 1 amide bonds. The highest BCUT2D eigenvalue weighted by Gasteiger charge is 2.49. The van der Waals surface area contributed by atoms with Crippen molar-refractivity contribution in [2.45, 2.75) is 57.8 Å². The summed E-state index contributed by atoms with van der Waals surface area (Å²) in [5, 5.41) is 11.6. The quantitative estimate of drug-likeness (QED) is 0.790. The van der Waals surface area contributed by atoms with E-state index in [-0.39, 0.29) is 11.3 Å². The van der Waals surface area contributed by atoms with Gasteiger partial charge in [-0.25, -0.2) is 0 Å². The monoisotopic (exact) mass is 291 g/mol. The van der Waals surface area contributed by atoms with Crippen molar-refractivity contribution in [3.05, 3.63) is 0 Å². The number of likely N-dealkylation sites (tertiary alicyclic amines) is 1. The summed E-state index contributed by atoms with van der Waals surface area (Å²) in [6.07, 6.45) is 10.8. The van der Waals surface area contributed by atoms with E-state index < -0.39 is 0 Å². The maximum Gasteiger partial charge on any atom is 0.235 e. The molecule has 0 bridgehead atoms. The van der Waals surface area contributed by atoms with Crippen LogP contribution in [0.4, 0.5) is 0 Å². The number of nitrogens with one attached hydrogen (secondary N) is 2. The Morgan fingerprint density at radius 1 is 1.19 bits per heavy atom. The second-order valence-electron chi connectivity index (χ2n) is 7.55. The highest BCUT2D eigenvalue weighted by molar-refractivity contribution is 6.06. The fraction of sp³-hybridized carbons (Fsp3) is 0.882. The van der Waals surface area contributed by atoms with Gasteiger partial charge in [-0.3, -0.25) is 10.2 Å². The normalized spacial score (nSPS) is 31.2. The van der Waals surface area contributed by atoms with Crippen molar-refractivity contribution in [2.24, 2.45) is 17.3 Å². The van der Waals surface area contributed by atoms with Crippen molar-refractivity contribution in [1.82, 2.24) is 10.2 Å². The van der Waals surface area contributed by atoms with E-state index in [2.05, 4.69) is 5.32 Å². The largest absolute Gasteiger partial charge is 0.315 e. The Hall–Kier alpha value is -0.900. The van der Waals surface area contributed by atoms with Gasteiger partial charge in [-0.2, -0.15) is 0 Å². The van der Waals surface area contributed by atoms with Crippen LogP contribution in [0.3, 0.4) is 0 Å². The molecule has 1 atom stereocenters. The molecular formula is C17H29N3O. The van der Waals surface area contributed by atoms with Crippen LogP contribution in [0.25, 0.3) is 0 Å². The van der Waals surface area contributed by atoms with Gasteiger partial charge in [0.1, 0.15) is 5.84 Å². The molecule has 2 saturated carbocycles. The van der Waals surface area contributed by atoms with E-state index in [1.54, 1.807) is 11.9 Å². The van der Waals surface area contributed by atoms with Crippen LogP contribution in [0.5, 0.6) is 0 Å². The lowest BCUT2D eigenvalue weighted by atomic mass is 9.73. The van der Waals surface area contributed by atoms with Crippen LogP contribution in [0, 0.1) is 22.7 Å². The summed E-state index contributed by atoms with van der Waals surface area (Å²) in [6.45, 7) is 1.82. The van der Waals surface area contributed by atoms with Gasteiger partial charge in [-0.15, -0.1) is 0 Å². The number of rotatable bonds is 6. The lowest BCUT2D eigenvalue weighted by Crippen LogP contribution is -2.43. The van der Waals surface area contributed by atoms with Gasteiger partial charge in [0.25, 0.3) is 0 Å². The first-order valence-electron chi connectivity index (χ1n) is 8.67. The van der Waals surface area contributed by atoms with Crippen LogP contribution in [-0.4, -0.2) is 36.8 Å². The molecule has 3 aliphatic rings. The predicted octanol–water partition coefficient (Wildman–Crippen LogP) is 2.78. The molecular weight excluding hydrogens is 262 g/mol. The molecule has 3 rings (SSSR count). The fourth-order valence-electron chi connectivity index (χ4n) is 4.14. The second kappa shape index (κ2) is 6.07. The zero-order valence-electron chi connectivity index (χ0n) is 13.3. The molecule has 1 saturated heterocycles.